The van der Waals surface area contributed by atoms with Gasteiger partial charge in [-0.1, -0.05) is 12.8 Å². The summed E-state index contributed by atoms with van der Waals surface area (Å²) in [5.74, 6) is 0. The molecule has 4 atom stereocenters. The minimum atomic E-state index is -1.24. The van der Waals surface area contributed by atoms with Crippen LogP contribution in [0.15, 0.2) is 23.3 Å². The van der Waals surface area contributed by atoms with Crippen LogP contribution in [0.4, 0.5) is 17.1 Å². The van der Waals surface area contributed by atoms with Gasteiger partial charge in [0.2, 0.25) is 0 Å². The van der Waals surface area contributed by atoms with E-state index in [-0.39, 0.29) is 18.8 Å². The molecule has 12 heteroatoms. The zero-order valence-corrected chi connectivity index (χ0v) is 17.9. The number of β-amino-alcohol motifs (C(OH)–C–C–N with tert-alkyl or cyclic N) is 1. The quantitative estimate of drug-likeness (QED) is 0.148. The van der Waals surface area contributed by atoms with E-state index in [0.29, 0.717) is 25.4 Å². The second-order valence-corrected chi connectivity index (χ2v) is 8.10. The molecule has 1 aromatic carbocycles. The van der Waals surface area contributed by atoms with Crippen LogP contribution in [0, 0.1) is 10.1 Å². The minimum absolute atomic E-state index is 0.0179. The Morgan fingerprint density at radius 2 is 1.97 bits per heavy atom. The number of aliphatic hydroxyl groups excluding tert-OH is 4. The number of hydrogen-bond acceptors (Lipinski definition) is 11. The molecule has 178 valence electrons. The number of nitrogens with zero attached hydrogens (tertiary/aromatic N) is 4. The van der Waals surface area contributed by atoms with Gasteiger partial charge in [-0.15, -0.1) is 0 Å². The normalized spacial score (nSPS) is 25.7. The van der Waals surface area contributed by atoms with Crippen molar-refractivity contribution < 1.29 is 25.3 Å². The Balaban J connectivity index is 1.41. The Morgan fingerprint density at radius 1 is 1.19 bits per heavy atom. The molecule has 0 amide bonds. The molecule has 1 aromatic rings. The lowest BCUT2D eigenvalue weighted by Gasteiger charge is -2.43. The molecule has 6 N–H and O–H groups in total. The van der Waals surface area contributed by atoms with Crippen LogP contribution < -0.4 is 15.6 Å². The number of rotatable bonds is 11. The van der Waals surface area contributed by atoms with Gasteiger partial charge in [0.05, 0.1) is 29.4 Å². The summed E-state index contributed by atoms with van der Waals surface area (Å²) < 4.78 is 0. The molecule has 2 heterocycles. The minimum Gasteiger partial charge on any atom is -0.395 e. The number of hydrazone groups is 1. The van der Waals surface area contributed by atoms with Crippen molar-refractivity contribution in [3.05, 3.63) is 28.3 Å². The van der Waals surface area contributed by atoms with Crippen molar-refractivity contribution >= 4 is 23.4 Å². The summed E-state index contributed by atoms with van der Waals surface area (Å²) in [5.41, 5.74) is 1.23. The first-order chi connectivity index (χ1) is 15.4. The van der Waals surface area contributed by atoms with Crippen molar-refractivity contribution in [1.82, 2.24) is 10.2 Å². The van der Waals surface area contributed by atoms with Gasteiger partial charge in [-0.2, -0.15) is 5.10 Å². The number of unbranched alkanes of at least 4 members (excludes halogenated alkanes) is 3. The number of benzene rings is 1. The maximum Gasteiger partial charge on any atom is 0.292 e. The average Bonchev–Trinajstić information content (AvgIpc) is 3.32. The molecule has 0 aliphatic carbocycles. The van der Waals surface area contributed by atoms with Gasteiger partial charge in [0.1, 0.15) is 30.9 Å². The fraction of sp³-hybridized carbons (Fsp3) is 0.650. The van der Waals surface area contributed by atoms with Gasteiger partial charge in [0.25, 0.3) is 5.69 Å². The molecule has 0 saturated carbocycles. The number of nitro benzene ring substituents is 1. The monoisotopic (exact) mass is 452 g/mol. The van der Waals surface area contributed by atoms with Crippen LogP contribution in [-0.2, 0) is 0 Å². The SMILES string of the molecule is O=[N+]([O-])c1ccc(N2CNC=N2)cc1NCCCCCCN1C[C@H](O)[C@@H](O)[C@H](O)[C@H]1CO. The lowest BCUT2D eigenvalue weighted by molar-refractivity contribution is -0.383. The van der Waals surface area contributed by atoms with Gasteiger partial charge in [-0.25, -0.2) is 5.01 Å². The molecule has 0 spiro atoms. The summed E-state index contributed by atoms with van der Waals surface area (Å²) in [7, 11) is 0. The molecular weight excluding hydrogens is 420 g/mol. The molecule has 0 aromatic heterocycles. The Hall–Kier alpha value is -2.51. The number of likely N-dealkylation sites (tertiary alicyclic amines) is 1. The van der Waals surface area contributed by atoms with E-state index in [1.54, 1.807) is 23.5 Å². The molecule has 2 aliphatic heterocycles. The van der Waals surface area contributed by atoms with E-state index in [4.69, 9.17) is 0 Å². The zero-order chi connectivity index (χ0) is 23.1. The van der Waals surface area contributed by atoms with Crippen LogP contribution in [-0.4, -0.2) is 93.9 Å². The number of nitrogens with one attached hydrogen (secondary N) is 2. The summed E-state index contributed by atoms with van der Waals surface area (Å²) in [4.78, 5) is 12.7. The van der Waals surface area contributed by atoms with E-state index in [1.165, 1.54) is 6.07 Å². The van der Waals surface area contributed by atoms with Crippen molar-refractivity contribution in [2.75, 3.05) is 43.2 Å². The molecule has 32 heavy (non-hydrogen) atoms. The molecular formula is C20H32N6O6. The average molecular weight is 453 g/mol. The van der Waals surface area contributed by atoms with Crippen LogP contribution in [0.1, 0.15) is 25.7 Å². The second-order valence-electron chi connectivity index (χ2n) is 8.10. The van der Waals surface area contributed by atoms with E-state index in [2.05, 4.69) is 15.7 Å². The van der Waals surface area contributed by atoms with E-state index >= 15 is 0 Å². The van der Waals surface area contributed by atoms with E-state index < -0.39 is 29.3 Å². The zero-order valence-electron chi connectivity index (χ0n) is 17.9. The standard InChI is InChI=1S/C20H32N6O6/c27-11-17-19(29)20(30)18(28)10-24(17)8-4-2-1-3-7-22-15-9-14(25-13-21-12-23-25)5-6-16(15)26(31)32/h5-6,9,12,17-20,22,27-30H,1-4,7-8,10-11,13H2,(H,21,23)/t17-,18+,19-,20-/m1/s1. The Morgan fingerprint density at radius 3 is 2.66 bits per heavy atom. The van der Waals surface area contributed by atoms with Gasteiger partial charge in [0, 0.05) is 19.2 Å². The molecule has 1 saturated heterocycles. The smallest absolute Gasteiger partial charge is 0.292 e. The third-order valence-electron chi connectivity index (χ3n) is 5.91. The third kappa shape index (κ3) is 5.84. The third-order valence-corrected chi connectivity index (χ3v) is 5.91. The highest BCUT2D eigenvalue weighted by Crippen LogP contribution is 2.30. The van der Waals surface area contributed by atoms with E-state index in [1.807, 2.05) is 4.90 Å². The van der Waals surface area contributed by atoms with Crippen molar-refractivity contribution in [2.24, 2.45) is 5.10 Å². The van der Waals surface area contributed by atoms with Crippen molar-refractivity contribution in [3.8, 4) is 0 Å². The topological polar surface area (TPSA) is 167 Å². The molecule has 2 aliphatic rings. The summed E-state index contributed by atoms with van der Waals surface area (Å²) in [5, 5.41) is 62.5. The molecule has 0 unspecified atom stereocenters. The number of hydrogen-bond donors (Lipinski definition) is 6. The maximum absolute atomic E-state index is 11.3. The van der Waals surface area contributed by atoms with E-state index in [0.717, 1.165) is 31.4 Å². The summed E-state index contributed by atoms with van der Waals surface area (Å²) in [6.07, 6.45) is 1.52. The lowest BCUT2D eigenvalue weighted by atomic mass is 9.94. The molecule has 0 bridgehead atoms. The summed E-state index contributed by atoms with van der Waals surface area (Å²) >= 11 is 0. The first-order valence-corrected chi connectivity index (χ1v) is 10.9. The van der Waals surface area contributed by atoms with Crippen LogP contribution in [0.2, 0.25) is 0 Å². The molecule has 12 nitrogen and oxygen atoms in total. The first-order valence-electron chi connectivity index (χ1n) is 10.9. The van der Waals surface area contributed by atoms with Gasteiger partial charge in [-0.3, -0.25) is 15.0 Å². The van der Waals surface area contributed by atoms with Crippen molar-refractivity contribution in [2.45, 2.75) is 50.0 Å². The van der Waals surface area contributed by atoms with Crippen molar-refractivity contribution in [3.63, 3.8) is 0 Å². The molecule has 0 radical (unpaired) electrons. The van der Waals surface area contributed by atoms with Crippen LogP contribution >= 0.6 is 0 Å². The summed E-state index contributed by atoms with van der Waals surface area (Å²) in [6.45, 7) is 1.61. The fourth-order valence-electron chi connectivity index (χ4n) is 4.07. The van der Waals surface area contributed by atoms with Gasteiger partial charge < -0.3 is 31.1 Å². The fourth-order valence-corrected chi connectivity index (χ4v) is 4.07. The van der Waals surface area contributed by atoms with E-state index in [9.17, 15) is 30.5 Å². The van der Waals surface area contributed by atoms with Crippen LogP contribution in [0.25, 0.3) is 0 Å². The lowest BCUT2D eigenvalue weighted by Crippen LogP contribution is -2.62. The predicted octanol–water partition coefficient (Wildman–Crippen LogP) is -0.363. The summed E-state index contributed by atoms with van der Waals surface area (Å²) in [6, 6.07) is 4.28. The maximum atomic E-state index is 11.3. The number of piperidine rings is 1. The van der Waals surface area contributed by atoms with Gasteiger partial charge >= 0.3 is 0 Å². The molecule has 1 fully saturated rings. The highest BCUT2D eigenvalue weighted by molar-refractivity contribution is 5.71. The van der Waals surface area contributed by atoms with Crippen LogP contribution in [0.3, 0.4) is 0 Å². The van der Waals surface area contributed by atoms with Gasteiger partial charge in [-0.05, 0) is 31.5 Å². The van der Waals surface area contributed by atoms with Crippen molar-refractivity contribution in [1.29, 1.82) is 0 Å². The second kappa shape index (κ2) is 11.4. The van der Waals surface area contributed by atoms with Gasteiger partial charge in [0.15, 0.2) is 0 Å². The Labute approximate surface area is 186 Å². The largest absolute Gasteiger partial charge is 0.395 e. The first kappa shape index (κ1) is 24.1. The number of aliphatic hydroxyl groups is 4. The van der Waals surface area contributed by atoms with Crippen LogP contribution in [0.5, 0.6) is 0 Å². The highest BCUT2D eigenvalue weighted by atomic mass is 16.6. The molecule has 3 rings (SSSR count). The Bertz CT molecular complexity index is 796. The highest BCUT2D eigenvalue weighted by Gasteiger charge is 2.40. The predicted molar refractivity (Wildman–Crippen MR) is 119 cm³/mol. The number of anilines is 2. The Kier molecular flexibility index (Phi) is 8.59. The number of nitro groups is 1.